The van der Waals surface area contributed by atoms with Crippen molar-refractivity contribution in [2.45, 2.75) is 6.42 Å². The van der Waals surface area contributed by atoms with Crippen LogP contribution in [0.25, 0.3) is 0 Å². The van der Waals surface area contributed by atoms with E-state index in [-0.39, 0.29) is 30.8 Å². The summed E-state index contributed by atoms with van der Waals surface area (Å²) in [4.78, 5) is 39.8. The predicted molar refractivity (Wildman–Crippen MR) is 95.8 cm³/mol. The summed E-state index contributed by atoms with van der Waals surface area (Å²) in [5, 5.41) is 0. The third kappa shape index (κ3) is 3.91. The number of ether oxygens (including phenoxy) is 1. The molecule has 3 rings (SSSR count). The maximum Gasteiger partial charge on any atom is 0.254 e. The zero-order valence-electron chi connectivity index (χ0n) is 14.6. The molecule has 0 spiro atoms. The van der Waals surface area contributed by atoms with Crippen LogP contribution in [0.3, 0.4) is 0 Å². The normalized spacial score (nSPS) is 14.5. The Morgan fingerprint density at radius 2 is 1.58 bits per heavy atom. The van der Waals surface area contributed by atoms with Crippen molar-refractivity contribution in [3.05, 3.63) is 65.7 Å². The molecular weight excluding hydrogens is 332 g/mol. The first kappa shape index (κ1) is 17.7. The summed E-state index contributed by atoms with van der Waals surface area (Å²) < 4.78 is 5.07. The van der Waals surface area contributed by atoms with Crippen molar-refractivity contribution in [3.8, 4) is 5.75 Å². The third-order valence-electron chi connectivity index (χ3n) is 4.35. The Hall–Kier alpha value is -3.15. The van der Waals surface area contributed by atoms with Gasteiger partial charge in [-0.05, 0) is 36.2 Å². The average molecular weight is 352 g/mol. The Labute approximate surface area is 152 Å². The van der Waals surface area contributed by atoms with E-state index in [0.717, 1.165) is 5.56 Å². The summed E-state index contributed by atoms with van der Waals surface area (Å²) in [6, 6.07) is 16.3. The Balaban J connectivity index is 1.62. The lowest BCUT2D eigenvalue weighted by Gasteiger charge is -2.32. The highest BCUT2D eigenvalue weighted by atomic mass is 16.5. The summed E-state index contributed by atoms with van der Waals surface area (Å²) in [7, 11) is 1.54. The summed E-state index contributed by atoms with van der Waals surface area (Å²) in [6.45, 7) is 0.142. The predicted octanol–water partition coefficient (Wildman–Crippen LogP) is 1.75. The van der Waals surface area contributed by atoms with Gasteiger partial charge in [0.15, 0.2) is 0 Å². The van der Waals surface area contributed by atoms with E-state index in [1.165, 1.54) is 9.80 Å². The topological polar surface area (TPSA) is 66.9 Å². The first-order valence-electron chi connectivity index (χ1n) is 8.39. The molecule has 3 amide bonds. The zero-order valence-corrected chi connectivity index (χ0v) is 14.6. The lowest BCUT2D eigenvalue weighted by atomic mass is 10.1. The number of hydrogen-bond acceptors (Lipinski definition) is 4. The molecule has 0 saturated carbocycles. The first-order valence-corrected chi connectivity index (χ1v) is 8.39. The molecular formula is C20H20N2O4. The molecule has 2 aromatic rings. The summed E-state index contributed by atoms with van der Waals surface area (Å²) in [5.74, 6) is -0.394. The van der Waals surface area contributed by atoms with Crippen LogP contribution < -0.4 is 4.74 Å². The van der Waals surface area contributed by atoms with Gasteiger partial charge in [-0.2, -0.15) is 0 Å². The van der Waals surface area contributed by atoms with Crippen LogP contribution >= 0.6 is 0 Å². The van der Waals surface area contributed by atoms with E-state index < -0.39 is 0 Å². The van der Waals surface area contributed by atoms with Crippen LogP contribution in [0, 0.1) is 0 Å². The van der Waals surface area contributed by atoms with E-state index >= 15 is 0 Å². The van der Waals surface area contributed by atoms with Gasteiger partial charge in [0.05, 0.1) is 7.11 Å². The number of piperazine rings is 1. The minimum absolute atomic E-state index is 0.0919. The van der Waals surface area contributed by atoms with Crippen molar-refractivity contribution in [3.63, 3.8) is 0 Å². The van der Waals surface area contributed by atoms with Crippen molar-refractivity contribution in [1.29, 1.82) is 0 Å². The molecule has 1 heterocycles. The highest BCUT2D eigenvalue weighted by molar-refractivity contribution is 6.05. The fourth-order valence-electron chi connectivity index (χ4n) is 2.89. The van der Waals surface area contributed by atoms with Crippen LogP contribution in [0.1, 0.15) is 15.9 Å². The van der Waals surface area contributed by atoms with Gasteiger partial charge in [0.25, 0.3) is 5.91 Å². The first-order chi connectivity index (χ1) is 12.6. The highest BCUT2D eigenvalue weighted by Crippen LogP contribution is 2.15. The number of carbonyl (C=O) groups excluding carboxylic acids is 3. The molecule has 26 heavy (non-hydrogen) atoms. The molecule has 0 bridgehead atoms. The van der Waals surface area contributed by atoms with Gasteiger partial charge in [-0.1, -0.05) is 30.3 Å². The highest BCUT2D eigenvalue weighted by Gasteiger charge is 2.33. The van der Waals surface area contributed by atoms with Crippen LogP contribution in [0.2, 0.25) is 0 Å². The summed E-state index contributed by atoms with van der Waals surface area (Å²) >= 11 is 0. The number of nitrogens with zero attached hydrogens (tertiary/aromatic N) is 2. The molecule has 0 unspecified atom stereocenters. The van der Waals surface area contributed by atoms with E-state index in [0.29, 0.717) is 24.3 Å². The fourth-order valence-corrected chi connectivity index (χ4v) is 2.89. The SMILES string of the molecule is COc1ccc(C(=O)N2CC(=O)N(CCc3ccccc3)C(=O)C2)cc1. The summed E-state index contributed by atoms with van der Waals surface area (Å²) in [6.07, 6.45) is 0.602. The number of benzene rings is 2. The van der Waals surface area contributed by atoms with Crippen molar-refractivity contribution < 1.29 is 19.1 Å². The lowest BCUT2D eigenvalue weighted by molar-refractivity contribution is -0.150. The smallest absolute Gasteiger partial charge is 0.254 e. The minimum atomic E-state index is -0.348. The van der Waals surface area contributed by atoms with Crippen LogP contribution in [-0.4, -0.2) is 54.3 Å². The van der Waals surface area contributed by atoms with Gasteiger partial charge in [0.2, 0.25) is 11.8 Å². The molecule has 0 aromatic heterocycles. The van der Waals surface area contributed by atoms with Crippen LogP contribution in [0.5, 0.6) is 5.75 Å². The second-order valence-electron chi connectivity index (χ2n) is 6.06. The van der Waals surface area contributed by atoms with Gasteiger partial charge in [-0.15, -0.1) is 0 Å². The number of amides is 3. The molecule has 134 valence electrons. The molecule has 0 radical (unpaired) electrons. The number of methoxy groups -OCH3 is 1. The van der Waals surface area contributed by atoms with Crippen molar-refractivity contribution >= 4 is 17.7 Å². The maximum atomic E-state index is 12.5. The van der Waals surface area contributed by atoms with E-state index in [1.807, 2.05) is 30.3 Å². The van der Waals surface area contributed by atoms with Crippen molar-refractivity contribution in [2.75, 3.05) is 26.7 Å². The Morgan fingerprint density at radius 1 is 0.962 bits per heavy atom. The van der Waals surface area contributed by atoms with E-state index in [1.54, 1.807) is 31.4 Å². The van der Waals surface area contributed by atoms with Crippen molar-refractivity contribution in [1.82, 2.24) is 9.80 Å². The third-order valence-corrected chi connectivity index (χ3v) is 4.35. The molecule has 0 atom stereocenters. The molecule has 0 N–H and O–H groups in total. The zero-order chi connectivity index (χ0) is 18.5. The van der Waals surface area contributed by atoms with Crippen molar-refractivity contribution in [2.24, 2.45) is 0 Å². The quantitative estimate of drug-likeness (QED) is 0.769. The van der Waals surface area contributed by atoms with Gasteiger partial charge in [-0.3, -0.25) is 19.3 Å². The van der Waals surface area contributed by atoms with Crippen LogP contribution in [-0.2, 0) is 16.0 Å². The monoisotopic (exact) mass is 352 g/mol. The Bertz CT molecular complexity index is 784. The molecule has 0 aliphatic carbocycles. The number of hydrogen-bond donors (Lipinski definition) is 0. The molecule has 6 heteroatoms. The number of carbonyl (C=O) groups is 3. The number of rotatable bonds is 5. The van der Waals surface area contributed by atoms with Gasteiger partial charge >= 0.3 is 0 Å². The molecule has 1 aliphatic rings. The second kappa shape index (κ2) is 7.82. The Morgan fingerprint density at radius 3 is 2.15 bits per heavy atom. The van der Waals surface area contributed by atoms with E-state index in [4.69, 9.17) is 4.74 Å². The molecule has 2 aromatic carbocycles. The minimum Gasteiger partial charge on any atom is -0.497 e. The molecule has 1 fully saturated rings. The Kier molecular flexibility index (Phi) is 5.31. The van der Waals surface area contributed by atoms with Gasteiger partial charge in [-0.25, -0.2) is 0 Å². The van der Waals surface area contributed by atoms with Crippen LogP contribution in [0.4, 0.5) is 0 Å². The van der Waals surface area contributed by atoms with E-state index in [2.05, 4.69) is 0 Å². The standard InChI is InChI=1S/C20H20N2O4/c1-26-17-9-7-16(8-10-17)20(25)21-13-18(23)22(19(24)14-21)12-11-15-5-3-2-4-6-15/h2-10H,11-14H2,1H3. The van der Waals surface area contributed by atoms with Crippen LogP contribution in [0.15, 0.2) is 54.6 Å². The molecule has 1 saturated heterocycles. The second-order valence-corrected chi connectivity index (χ2v) is 6.06. The molecule has 6 nitrogen and oxygen atoms in total. The van der Waals surface area contributed by atoms with Gasteiger partial charge in [0, 0.05) is 12.1 Å². The summed E-state index contributed by atoms with van der Waals surface area (Å²) in [5.41, 5.74) is 1.48. The van der Waals surface area contributed by atoms with Gasteiger partial charge < -0.3 is 9.64 Å². The lowest BCUT2D eigenvalue weighted by Crippen LogP contribution is -2.55. The largest absolute Gasteiger partial charge is 0.497 e. The number of imide groups is 1. The average Bonchev–Trinajstić information content (AvgIpc) is 2.67. The maximum absolute atomic E-state index is 12.5. The fraction of sp³-hybridized carbons (Fsp3) is 0.250. The van der Waals surface area contributed by atoms with Gasteiger partial charge in [0.1, 0.15) is 18.8 Å². The molecule has 1 aliphatic heterocycles. The van der Waals surface area contributed by atoms with E-state index in [9.17, 15) is 14.4 Å².